The van der Waals surface area contributed by atoms with Crippen LogP contribution in [0.25, 0.3) is 0 Å². The Labute approximate surface area is 101 Å². The zero-order chi connectivity index (χ0) is 13.3. The van der Waals surface area contributed by atoms with Crippen molar-refractivity contribution in [3.05, 3.63) is 59.0 Å². The Bertz CT molecular complexity index is 587. The first-order valence-corrected chi connectivity index (χ1v) is 5.11. The van der Waals surface area contributed by atoms with Crippen molar-refractivity contribution in [1.82, 2.24) is 4.98 Å². The van der Waals surface area contributed by atoms with Crippen molar-refractivity contribution in [2.24, 2.45) is 5.73 Å². The summed E-state index contributed by atoms with van der Waals surface area (Å²) in [5.41, 5.74) is 11.6. The molecule has 0 saturated carbocycles. The van der Waals surface area contributed by atoms with E-state index in [9.17, 15) is 13.2 Å². The lowest BCUT2D eigenvalue weighted by atomic mass is 9.99. The molecule has 6 heteroatoms. The van der Waals surface area contributed by atoms with Crippen molar-refractivity contribution in [2.75, 3.05) is 5.73 Å². The summed E-state index contributed by atoms with van der Waals surface area (Å²) in [6.07, 6.45) is 1.45. The molecule has 0 bridgehead atoms. The second kappa shape index (κ2) is 4.66. The molecule has 1 atom stereocenters. The molecule has 0 aliphatic heterocycles. The van der Waals surface area contributed by atoms with Gasteiger partial charge < -0.3 is 11.5 Å². The van der Waals surface area contributed by atoms with Gasteiger partial charge in [-0.2, -0.15) is 0 Å². The number of nitrogen functional groups attached to an aromatic ring is 1. The number of nitrogens with zero attached hydrogens (tertiary/aromatic N) is 1. The van der Waals surface area contributed by atoms with E-state index in [0.29, 0.717) is 5.56 Å². The Morgan fingerprint density at radius 1 is 1.00 bits per heavy atom. The minimum Gasteiger partial charge on any atom is -0.383 e. The van der Waals surface area contributed by atoms with Gasteiger partial charge in [0.1, 0.15) is 5.82 Å². The fraction of sp³-hybridized carbons (Fsp3) is 0.0833. The second-order valence-corrected chi connectivity index (χ2v) is 3.72. The van der Waals surface area contributed by atoms with Gasteiger partial charge in [0.05, 0.1) is 6.04 Å². The van der Waals surface area contributed by atoms with Crippen molar-refractivity contribution in [3.8, 4) is 0 Å². The molecule has 1 unspecified atom stereocenters. The molecular formula is C12H10F3N3. The highest BCUT2D eigenvalue weighted by molar-refractivity contribution is 5.45. The van der Waals surface area contributed by atoms with Crippen LogP contribution in [-0.4, -0.2) is 4.98 Å². The molecule has 0 spiro atoms. The lowest BCUT2D eigenvalue weighted by Crippen LogP contribution is -2.17. The van der Waals surface area contributed by atoms with Gasteiger partial charge in [0, 0.05) is 17.3 Å². The van der Waals surface area contributed by atoms with Crippen LogP contribution in [0.2, 0.25) is 0 Å². The Kier molecular flexibility index (Phi) is 3.20. The fourth-order valence-electron chi connectivity index (χ4n) is 1.64. The predicted octanol–water partition coefficient (Wildman–Crippen LogP) is 2.13. The van der Waals surface area contributed by atoms with Crippen LogP contribution in [0.4, 0.5) is 19.0 Å². The first-order chi connectivity index (χ1) is 8.52. The maximum absolute atomic E-state index is 13.6. The van der Waals surface area contributed by atoms with E-state index >= 15 is 0 Å². The molecule has 2 rings (SSSR count). The van der Waals surface area contributed by atoms with E-state index in [-0.39, 0.29) is 11.4 Å². The summed E-state index contributed by atoms with van der Waals surface area (Å²) in [6, 6.07) is 4.02. The van der Waals surface area contributed by atoms with Gasteiger partial charge in [0.25, 0.3) is 0 Å². The summed E-state index contributed by atoms with van der Waals surface area (Å²) in [4.78, 5) is 3.80. The summed E-state index contributed by atoms with van der Waals surface area (Å²) in [7, 11) is 0. The number of pyridine rings is 1. The van der Waals surface area contributed by atoms with E-state index in [1.54, 1.807) is 12.1 Å². The smallest absolute Gasteiger partial charge is 0.194 e. The molecule has 4 N–H and O–H groups in total. The van der Waals surface area contributed by atoms with E-state index in [4.69, 9.17) is 11.5 Å². The number of hydrogen-bond acceptors (Lipinski definition) is 3. The second-order valence-electron chi connectivity index (χ2n) is 3.72. The van der Waals surface area contributed by atoms with Crippen LogP contribution in [0, 0.1) is 17.5 Å². The molecule has 1 aromatic heterocycles. The van der Waals surface area contributed by atoms with E-state index in [2.05, 4.69) is 4.98 Å². The van der Waals surface area contributed by atoms with Crippen molar-refractivity contribution < 1.29 is 13.2 Å². The van der Waals surface area contributed by atoms with Gasteiger partial charge in [-0.15, -0.1) is 0 Å². The highest BCUT2D eigenvalue weighted by atomic mass is 19.2. The Balaban J connectivity index is 2.50. The summed E-state index contributed by atoms with van der Waals surface area (Å²) >= 11 is 0. The van der Waals surface area contributed by atoms with Crippen molar-refractivity contribution in [2.45, 2.75) is 6.04 Å². The third-order valence-corrected chi connectivity index (χ3v) is 2.61. The topological polar surface area (TPSA) is 64.9 Å². The van der Waals surface area contributed by atoms with Crippen LogP contribution < -0.4 is 11.5 Å². The molecule has 0 aliphatic carbocycles. The Hall–Kier alpha value is -2.08. The summed E-state index contributed by atoms with van der Waals surface area (Å²) in [5, 5.41) is 0. The lowest BCUT2D eigenvalue weighted by Gasteiger charge is -2.15. The van der Waals surface area contributed by atoms with Gasteiger partial charge in [0.2, 0.25) is 0 Å². The van der Waals surface area contributed by atoms with Crippen LogP contribution >= 0.6 is 0 Å². The minimum absolute atomic E-state index is 0.120. The molecule has 18 heavy (non-hydrogen) atoms. The van der Waals surface area contributed by atoms with Crippen LogP contribution in [0.5, 0.6) is 0 Å². The molecule has 0 fully saturated rings. The first kappa shape index (κ1) is 12.4. The van der Waals surface area contributed by atoms with Crippen LogP contribution in [0.15, 0.2) is 30.5 Å². The molecule has 1 aromatic carbocycles. The third-order valence-electron chi connectivity index (χ3n) is 2.61. The molecule has 1 heterocycles. The monoisotopic (exact) mass is 253 g/mol. The molecule has 2 aromatic rings. The average Bonchev–Trinajstić information content (AvgIpc) is 2.36. The number of hydrogen-bond donors (Lipinski definition) is 2. The maximum atomic E-state index is 13.6. The van der Waals surface area contributed by atoms with Crippen molar-refractivity contribution in [3.63, 3.8) is 0 Å². The number of benzene rings is 1. The van der Waals surface area contributed by atoms with Gasteiger partial charge in [0.15, 0.2) is 17.5 Å². The third kappa shape index (κ3) is 2.02. The Morgan fingerprint density at radius 3 is 2.39 bits per heavy atom. The zero-order valence-electron chi connectivity index (χ0n) is 9.20. The number of rotatable bonds is 2. The molecule has 3 nitrogen and oxygen atoms in total. The summed E-state index contributed by atoms with van der Waals surface area (Å²) < 4.78 is 39.5. The molecule has 94 valence electrons. The molecule has 0 amide bonds. The average molecular weight is 253 g/mol. The number of aromatic nitrogens is 1. The minimum atomic E-state index is -1.55. The predicted molar refractivity (Wildman–Crippen MR) is 61.0 cm³/mol. The lowest BCUT2D eigenvalue weighted by molar-refractivity contribution is 0.438. The molecular weight excluding hydrogens is 243 g/mol. The zero-order valence-corrected chi connectivity index (χ0v) is 9.20. The number of anilines is 1. The van der Waals surface area contributed by atoms with Crippen LogP contribution in [0.1, 0.15) is 17.2 Å². The normalized spacial score (nSPS) is 12.4. The molecule has 0 aliphatic rings. The SMILES string of the molecule is Nc1ncccc1C(N)c1ccc(F)c(F)c1F. The van der Waals surface area contributed by atoms with Crippen LogP contribution in [-0.2, 0) is 0 Å². The number of nitrogens with two attached hydrogens (primary N) is 2. The van der Waals surface area contributed by atoms with Gasteiger partial charge in [-0.1, -0.05) is 12.1 Å². The standard InChI is InChI=1S/C12H10F3N3/c13-8-4-3-6(9(14)10(8)15)11(16)7-2-1-5-18-12(7)17/h1-5,11H,16H2,(H2,17,18). The largest absolute Gasteiger partial charge is 0.383 e. The Morgan fingerprint density at radius 2 is 1.72 bits per heavy atom. The number of halogens is 3. The molecule has 0 radical (unpaired) electrons. The van der Waals surface area contributed by atoms with Crippen molar-refractivity contribution in [1.29, 1.82) is 0 Å². The molecule has 0 saturated heterocycles. The van der Waals surface area contributed by atoms with E-state index in [0.717, 1.165) is 12.1 Å². The summed E-state index contributed by atoms with van der Waals surface area (Å²) in [5.74, 6) is -4.01. The van der Waals surface area contributed by atoms with E-state index in [1.165, 1.54) is 6.20 Å². The van der Waals surface area contributed by atoms with Gasteiger partial charge in [-0.05, 0) is 12.1 Å². The van der Waals surface area contributed by atoms with E-state index in [1.807, 2.05) is 0 Å². The quantitative estimate of drug-likeness (QED) is 0.806. The highest BCUT2D eigenvalue weighted by Crippen LogP contribution is 2.27. The van der Waals surface area contributed by atoms with Gasteiger partial charge >= 0.3 is 0 Å². The van der Waals surface area contributed by atoms with Crippen LogP contribution in [0.3, 0.4) is 0 Å². The van der Waals surface area contributed by atoms with E-state index < -0.39 is 23.5 Å². The maximum Gasteiger partial charge on any atom is 0.194 e. The van der Waals surface area contributed by atoms with Crippen molar-refractivity contribution >= 4 is 5.82 Å². The summed E-state index contributed by atoms with van der Waals surface area (Å²) in [6.45, 7) is 0. The fourth-order valence-corrected chi connectivity index (χ4v) is 1.64. The highest BCUT2D eigenvalue weighted by Gasteiger charge is 2.20. The first-order valence-electron chi connectivity index (χ1n) is 5.11. The van der Waals surface area contributed by atoms with Gasteiger partial charge in [-0.25, -0.2) is 18.2 Å². The van der Waals surface area contributed by atoms with Gasteiger partial charge in [-0.3, -0.25) is 0 Å².